The van der Waals surface area contributed by atoms with Gasteiger partial charge in [0.1, 0.15) is 5.75 Å². The van der Waals surface area contributed by atoms with E-state index in [2.05, 4.69) is 33.2 Å². The van der Waals surface area contributed by atoms with Crippen molar-refractivity contribution in [3.63, 3.8) is 0 Å². The monoisotopic (exact) mass is 284 g/mol. The number of nitrogens with zero attached hydrogens (tertiary/aromatic N) is 1. The molecule has 0 amide bonds. The van der Waals surface area contributed by atoms with Crippen LogP contribution in [-0.4, -0.2) is 36.2 Å². The Kier molecular flexibility index (Phi) is 3.84. The number of phenolic OH excluding ortho intramolecular Hbond substituents is 1. The van der Waals surface area contributed by atoms with E-state index in [1.165, 1.54) is 13.0 Å². The van der Waals surface area contributed by atoms with Gasteiger partial charge in [-0.1, -0.05) is 15.9 Å². The minimum Gasteiger partial charge on any atom is -0.508 e. The largest absolute Gasteiger partial charge is 0.508 e. The molecule has 1 heterocycles. The number of halogens is 1. The fourth-order valence-corrected chi connectivity index (χ4v) is 2.44. The van der Waals surface area contributed by atoms with E-state index in [0.717, 1.165) is 23.1 Å². The first-order valence-electron chi connectivity index (χ1n) is 5.54. The molecule has 1 aliphatic rings. The Labute approximate surface area is 105 Å². The van der Waals surface area contributed by atoms with E-state index in [9.17, 15) is 5.11 Å². The van der Waals surface area contributed by atoms with Crippen molar-refractivity contribution < 1.29 is 5.11 Å². The first-order chi connectivity index (χ1) is 7.65. The lowest BCUT2D eigenvalue weighted by molar-refractivity contribution is 0.397. The molecule has 1 fully saturated rings. The summed E-state index contributed by atoms with van der Waals surface area (Å²) in [6.45, 7) is 3.07. The summed E-state index contributed by atoms with van der Waals surface area (Å²) < 4.78 is 1.05. The molecular formula is C12H17BrN2O. The first kappa shape index (κ1) is 11.9. The Morgan fingerprint density at radius 2 is 2.38 bits per heavy atom. The molecule has 1 aromatic carbocycles. The maximum absolute atomic E-state index is 9.41. The van der Waals surface area contributed by atoms with Gasteiger partial charge in [0.2, 0.25) is 0 Å². The number of likely N-dealkylation sites (tertiary alicyclic amines) is 1. The van der Waals surface area contributed by atoms with Crippen LogP contribution in [0.3, 0.4) is 0 Å². The number of hydrogen-bond acceptors (Lipinski definition) is 3. The average Bonchev–Trinajstić information content (AvgIpc) is 2.66. The van der Waals surface area contributed by atoms with Crippen molar-refractivity contribution in [2.75, 3.05) is 20.1 Å². The lowest BCUT2D eigenvalue weighted by Crippen LogP contribution is -2.31. The van der Waals surface area contributed by atoms with Crippen LogP contribution in [0.5, 0.6) is 5.75 Å². The molecule has 3 nitrogen and oxygen atoms in total. The fraction of sp³-hybridized carbons (Fsp3) is 0.500. The van der Waals surface area contributed by atoms with Gasteiger partial charge in [0.15, 0.2) is 0 Å². The number of phenols is 1. The van der Waals surface area contributed by atoms with Gasteiger partial charge in [0, 0.05) is 23.6 Å². The van der Waals surface area contributed by atoms with E-state index in [0.29, 0.717) is 11.8 Å². The van der Waals surface area contributed by atoms with Crippen LogP contribution in [0.15, 0.2) is 22.7 Å². The van der Waals surface area contributed by atoms with E-state index in [1.54, 1.807) is 12.1 Å². The van der Waals surface area contributed by atoms with Crippen LogP contribution >= 0.6 is 15.9 Å². The second-order valence-corrected chi connectivity index (χ2v) is 5.26. The number of benzene rings is 1. The first-order valence-corrected chi connectivity index (χ1v) is 6.34. The van der Waals surface area contributed by atoms with E-state index < -0.39 is 0 Å². The van der Waals surface area contributed by atoms with Crippen molar-refractivity contribution in [2.45, 2.75) is 19.0 Å². The van der Waals surface area contributed by atoms with Crippen molar-refractivity contribution in [2.24, 2.45) is 0 Å². The molecule has 2 rings (SSSR count). The van der Waals surface area contributed by atoms with E-state index in [-0.39, 0.29) is 0 Å². The Morgan fingerprint density at radius 3 is 3.06 bits per heavy atom. The van der Waals surface area contributed by atoms with E-state index in [1.807, 2.05) is 6.07 Å². The van der Waals surface area contributed by atoms with Gasteiger partial charge in [-0.05, 0) is 43.8 Å². The summed E-state index contributed by atoms with van der Waals surface area (Å²) in [5, 5.41) is 12.9. The zero-order chi connectivity index (χ0) is 11.5. The molecule has 0 aliphatic carbocycles. The molecule has 4 heteroatoms. The van der Waals surface area contributed by atoms with Crippen LogP contribution in [0.25, 0.3) is 0 Å². The number of hydrogen-bond donors (Lipinski definition) is 2. The van der Waals surface area contributed by atoms with Crippen molar-refractivity contribution in [3.05, 3.63) is 28.2 Å². The Morgan fingerprint density at radius 1 is 1.56 bits per heavy atom. The summed E-state index contributed by atoms with van der Waals surface area (Å²) in [7, 11) is 2.14. The SMILES string of the molecule is CN1CCC(NCc2cc(O)ccc2Br)C1. The third kappa shape index (κ3) is 2.97. The number of rotatable bonds is 3. The summed E-state index contributed by atoms with van der Waals surface area (Å²) in [6, 6.07) is 5.94. The predicted molar refractivity (Wildman–Crippen MR) is 68.5 cm³/mol. The summed E-state index contributed by atoms with van der Waals surface area (Å²) in [5.41, 5.74) is 1.11. The lowest BCUT2D eigenvalue weighted by Gasteiger charge is -2.13. The van der Waals surface area contributed by atoms with Crippen LogP contribution in [0.4, 0.5) is 0 Å². The number of nitrogens with one attached hydrogen (secondary N) is 1. The van der Waals surface area contributed by atoms with Gasteiger partial charge >= 0.3 is 0 Å². The number of aromatic hydroxyl groups is 1. The highest BCUT2D eigenvalue weighted by Crippen LogP contribution is 2.21. The lowest BCUT2D eigenvalue weighted by atomic mass is 10.2. The van der Waals surface area contributed by atoms with Gasteiger partial charge in [-0.15, -0.1) is 0 Å². The molecule has 16 heavy (non-hydrogen) atoms. The van der Waals surface area contributed by atoms with Gasteiger partial charge in [-0.3, -0.25) is 0 Å². The van der Waals surface area contributed by atoms with Crippen LogP contribution in [0.1, 0.15) is 12.0 Å². The van der Waals surface area contributed by atoms with Gasteiger partial charge in [-0.25, -0.2) is 0 Å². The minimum atomic E-state index is 0.323. The normalized spacial score (nSPS) is 21.5. The highest BCUT2D eigenvalue weighted by molar-refractivity contribution is 9.10. The highest BCUT2D eigenvalue weighted by atomic mass is 79.9. The van der Waals surface area contributed by atoms with Crippen molar-refractivity contribution >= 4 is 15.9 Å². The third-order valence-corrected chi connectivity index (χ3v) is 3.78. The van der Waals surface area contributed by atoms with Gasteiger partial charge < -0.3 is 15.3 Å². The maximum atomic E-state index is 9.41. The summed E-state index contributed by atoms with van der Waals surface area (Å²) in [5.74, 6) is 0.323. The summed E-state index contributed by atoms with van der Waals surface area (Å²) in [4.78, 5) is 2.33. The van der Waals surface area contributed by atoms with Crippen LogP contribution < -0.4 is 5.32 Å². The van der Waals surface area contributed by atoms with E-state index >= 15 is 0 Å². The summed E-state index contributed by atoms with van der Waals surface area (Å²) in [6.07, 6.45) is 1.20. The molecule has 1 aliphatic heterocycles. The topological polar surface area (TPSA) is 35.5 Å². The molecule has 1 unspecified atom stereocenters. The Bertz CT molecular complexity index is 370. The molecule has 0 spiro atoms. The molecule has 0 bridgehead atoms. The molecule has 0 radical (unpaired) electrons. The van der Waals surface area contributed by atoms with Crippen molar-refractivity contribution in [1.82, 2.24) is 10.2 Å². The average molecular weight is 285 g/mol. The summed E-state index contributed by atoms with van der Waals surface area (Å²) >= 11 is 3.49. The van der Waals surface area contributed by atoms with Crippen molar-refractivity contribution in [1.29, 1.82) is 0 Å². The van der Waals surface area contributed by atoms with Gasteiger partial charge in [0.25, 0.3) is 0 Å². The Hall–Kier alpha value is -0.580. The Balaban J connectivity index is 1.91. The molecule has 0 saturated carbocycles. The molecule has 1 atom stereocenters. The predicted octanol–water partition coefficient (Wildman–Crippen LogP) is 1.95. The highest BCUT2D eigenvalue weighted by Gasteiger charge is 2.18. The number of likely N-dealkylation sites (N-methyl/N-ethyl adjacent to an activating group) is 1. The van der Waals surface area contributed by atoms with Crippen molar-refractivity contribution in [3.8, 4) is 5.75 Å². The smallest absolute Gasteiger partial charge is 0.115 e. The third-order valence-electron chi connectivity index (χ3n) is 3.00. The minimum absolute atomic E-state index is 0.323. The fourth-order valence-electron chi connectivity index (χ4n) is 2.05. The van der Waals surface area contributed by atoms with Crippen LogP contribution in [-0.2, 0) is 6.54 Å². The molecule has 1 saturated heterocycles. The van der Waals surface area contributed by atoms with Gasteiger partial charge in [0.05, 0.1) is 0 Å². The quantitative estimate of drug-likeness (QED) is 0.891. The molecule has 1 aromatic rings. The molecule has 0 aromatic heterocycles. The maximum Gasteiger partial charge on any atom is 0.115 e. The molecule has 2 N–H and O–H groups in total. The molecule has 88 valence electrons. The van der Waals surface area contributed by atoms with Crippen LogP contribution in [0.2, 0.25) is 0 Å². The molecular weight excluding hydrogens is 268 g/mol. The van der Waals surface area contributed by atoms with E-state index in [4.69, 9.17) is 0 Å². The standard InChI is InChI=1S/C12H17BrN2O/c1-15-5-4-10(8-15)14-7-9-6-11(16)2-3-12(9)13/h2-3,6,10,14,16H,4-5,7-8H2,1H3. The zero-order valence-electron chi connectivity index (χ0n) is 9.41. The second kappa shape index (κ2) is 5.17. The van der Waals surface area contributed by atoms with Crippen LogP contribution in [0, 0.1) is 0 Å². The second-order valence-electron chi connectivity index (χ2n) is 4.40. The van der Waals surface area contributed by atoms with Gasteiger partial charge in [-0.2, -0.15) is 0 Å². The zero-order valence-corrected chi connectivity index (χ0v) is 11.0.